The first-order valence-corrected chi connectivity index (χ1v) is 6.24. The molecule has 1 aromatic carbocycles. The molecule has 106 valence electrons. The van der Waals surface area contributed by atoms with Crippen molar-refractivity contribution in [1.29, 1.82) is 0 Å². The van der Waals surface area contributed by atoms with Crippen molar-refractivity contribution in [2.75, 3.05) is 39.3 Å². The minimum absolute atomic E-state index is 0.333. The summed E-state index contributed by atoms with van der Waals surface area (Å²) in [6.07, 6.45) is 0.663. The standard InChI is InChI=1S/C14H21NO4/c1-11-8-12(10-13(15)9-11)14(16)19-5-3-4-18-7-6-17-2/h8-10H,3-7,15H2,1-2H3. The molecule has 0 spiro atoms. The van der Waals surface area contributed by atoms with Crippen LogP contribution in [0.25, 0.3) is 0 Å². The van der Waals surface area contributed by atoms with Gasteiger partial charge in [-0.3, -0.25) is 0 Å². The van der Waals surface area contributed by atoms with Gasteiger partial charge < -0.3 is 19.9 Å². The lowest BCUT2D eigenvalue weighted by Crippen LogP contribution is -2.10. The summed E-state index contributed by atoms with van der Waals surface area (Å²) < 4.78 is 15.2. The van der Waals surface area contributed by atoms with Crippen molar-refractivity contribution >= 4 is 11.7 Å². The Kier molecular flexibility index (Phi) is 6.92. The number of nitrogens with two attached hydrogens (primary N) is 1. The summed E-state index contributed by atoms with van der Waals surface area (Å²) in [6, 6.07) is 5.18. The molecular weight excluding hydrogens is 246 g/mol. The largest absolute Gasteiger partial charge is 0.462 e. The maximum Gasteiger partial charge on any atom is 0.338 e. The lowest BCUT2D eigenvalue weighted by Gasteiger charge is -2.07. The number of rotatable bonds is 8. The molecule has 0 aromatic heterocycles. The predicted octanol–water partition coefficient (Wildman–Crippen LogP) is 1.79. The van der Waals surface area contributed by atoms with Crippen molar-refractivity contribution in [2.45, 2.75) is 13.3 Å². The van der Waals surface area contributed by atoms with Gasteiger partial charge in [0.1, 0.15) is 0 Å². The lowest BCUT2D eigenvalue weighted by atomic mass is 10.1. The number of hydrogen-bond acceptors (Lipinski definition) is 5. The predicted molar refractivity (Wildman–Crippen MR) is 73.2 cm³/mol. The number of ether oxygens (including phenoxy) is 3. The number of methoxy groups -OCH3 is 1. The van der Waals surface area contributed by atoms with E-state index in [0.717, 1.165) is 5.56 Å². The van der Waals surface area contributed by atoms with Gasteiger partial charge in [-0.25, -0.2) is 4.79 Å². The lowest BCUT2D eigenvalue weighted by molar-refractivity contribution is 0.0385. The number of aryl methyl sites for hydroxylation is 1. The second-order valence-corrected chi connectivity index (χ2v) is 4.23. The van der Waals surface area contributed by atoms with Crippen molar-refractivity contribution in [1.82, 2.24) is 0 Å². The number of nitrogen functional groups attached to an aromatic ring is 1. The molecule has 5 heteroatoms. The Morgan fingerprint density at radius 2 is 1.95 bits per heavy atom. The quantitative estimate of drug-likeness (QED) is 0.441. The summed E-state index contributed by atoms with van der Waals surface area (Å²) in [5.74, 6) is -0.354. The van der Waals surface area contributed by atoms with E-state index in [-0.39, 0.29) is 5.97 Å². The fourth-order valence-electron chi connectivity index (χ4n) is 1.58. The van der Waals surface area contributed by atoms with E-state index in [2.05, 4.69) is 0 Å². The molecule has 0 radical (unpaired) electrons. The van der Waals surface area contributed by atoms with Crippen LogP contribution in [-0.4, -0.2) is 39.5 Å². The maximum atomic E-state index is 11.7. The third-order valence-electron chi connectivity index (χ3n) is 2.43. The molecule has 0 bridgehead atoms. The van der Waals surface area contributed by atoms with Crippen molar-refractivity contribution in [3.8, 4) is 0 Å². The third-order valence-corrected chi connectivity index (χ3v) is 2.43. The Balaban J connectivity index is 2.24. The summed E-state index contributed by atoms with van der Waals surface area (Å²) in [7, 11) is 1.62. The summed E-state index contributed by atoms with van der Waals surface area (Å²) in [5, 5.41) is 0. The molecule has 0 unspecified atom stereocenters. The van der Waals surface area contributed by atoms with Gasteiger partial charge in [-0.15, -0.1) is 0 Å². The summed E-state index contributed by atoms with van der Waals surface area (Å²) in [5.41, 5.74) is 7.67. The topological polar surface area (TPSA) is 70.8 Å². The molecule has 0 fully saturated rings. The minimum atomic E-state index is -0.354. The molecule has 0 amide bonds. The first-order chi connectivity index (χ1) is 9.13. The Bertz CT molecular complexity index is 386. The van der Waals surface area contributed by atoms with Crippen molar-refractivity contribution in [3.05, 3.63) is 29.3 Å². The highest BCUT2D eigenvalue weighted by Crippen LogP contribution is 2.12. The monoisotopic (exact) mass is 267 g/mol. The first kappa shape index (κ1) is 15.5. The highest BCUT2D eigenvalue weighted by atomic mass is 16.5. The van der Waals surface area contributed by atoms with Crippen LogP contribution in [0, 0.1) is 6.92 Å². The van der Waals surface area contributed by atoms with Crippen molar-refractivity contribution in [3.63, 3.8) is 0 Å². The SMILES string of the molecule is COCCOCCCOC(=O)c1cc(C)cc(N)c1. The van der Waals surface area contributed by atoms with Gasteiger partial charge in [-0.2, -0.15) is 0 Å². The van der Waals surface area contributed by atoms with Crippen LogP contribution in [0.1, 0.15) is 22.3 Å². The van der Waals surface area contributed by atoms with Crippen LogP contribution in [-0.2, 0) is 14.2 Å². The fourth-order valence-corrected chi connectivity index (χ4v) is 1.58. The molecule has 1 aromatic rings. The van der Waals surface area contributed by atoms with Crippen LogP contribution in [0.4, 0.5) is 5.69 Å². The molecule has 2 N–H and O–H groups in total. The molecule has 1 rings (SSSR count). The van der Waals surface area contributed by atoms with Crippen molar-refractivity contribution < 1.29 is 19.0 Å². The van der Waals surface area contributed by atoms with Gasteiger partial charge in [0.15, 0.2) is 0 Å². The van der Waals surface area contributed by atoms with Gasteiger partial charge in [0.05, 0.1) is 25.4 Å². The van der Waals surface area contributed by atoms with Crippen LogP contribution >= 0.6 is 0 Å². The normalized spacial score (nSPS) is 10.4. The number of carbonyl (C=O) groups excluding carboxylic acids is 1. The van der Waals surface area contributed by atoms with Gasteiger partial charge in [0.2, 0.25) is 0 Å². The van der Waals surface area contributed by atoms with E-state index in [1.165, 1.54) is 0 Å². The first-order valence-electron chi connectivity index (χ1n) is 6.24. The van der Waals surface area contributed by atoms with E-state index in [1.807, 2.05) is 6.92 Å². The average molecular weight is 267 g/mol. The van der Waals surface area contributed by atoms with Crippen LogP contribution in [0.2, 0.25) is 0 Å². The van der Waals surface area contributed by atoms with Crippen LogP contribution in [0.3, 0.4) is 0 Å². The number of benzene rings is 1. The van der Waals surface area contributed by atoms with E-state index < -0.39 is 0 Å². The molecule has 0 aliphatic carbocycles. The van der Waals surface area contributed by atoms with Crippen molar-refractivity contribution in [2.24, 2.45) is 0 Å². The summed E-state index contributed by atoms with van der Waals surface area (Å²) in [6.45, 7) is 3.89. The zero-order valence-electron chi connectivity index (χ0n) is 11.5. The van der Waals surface area contributed by atoms with E-state index in [1.54, 1.807) is 25.3 Å². The van der Waals surface area contributed by atoms with Crippen LogP contribution in [0.5, 0.6) is 0 Å². The molecule has 19 heavy (non-hydrogen) atoms. The minimum Gasteiger partial charge on any atom is -0.462 e. The molecule has 0 aliphatic rings. The van der Waals surface area contributed by atoms with E-state index in [4.69, 9.17) is 19.9 Å². The van der Waals surface area contributed by atoms with Gasteiger partial charge >= 0.3 is 5.97 Å². The number of anilines is 1. The van der Waals surface area contributed by atoms with E-state index in [9.17, 15) is 4.79 Å². The van der Waals surface area contributed by atoms with Gasteiger partial charge in [-0.05, 0) is 30.7 Å². The zero-order chi connectivity index (χ0) is 14.1. The average Bonchev–Trinajstić information content (AvgIpc) is 2.36. The second kappa shape index (κ2) is 8.50. The molecule has 0 aliphatic heterocycles. The Morgan fingerprint density at radius 1 is 1.16 bits per heavy atom. The molecule has 0 saturated carbocycles. The van der Waals surface area contributed by atoms with Gasteiger partial charge in [0.25, 0.3) is 0 Å². The maximum absolute atomic E-state index is 11.7. The summed E-state index contributed by atoms with van der Waals surface area (Å²) in [4.78, 5) is 11.7. The number of carbonyl (C=O) groups is 1. The Labute approximate surface area is 113 Å². The second-order valence-electron chi connectivity index (χ2n) is 4.23. The van der Waals surface area contributed by atoms with Gasteiger partial charge in [-0.1, -0.05) is 0 Å². The van der Waals surface area contributed by atoms with Crippen LogP contribution < -0.4 is 5.73 Å². The molecule has 0 heterocycles. The third kappa shape index (κ3) is 6.22. The summed E-state index contributed by atoms with van der Waals surface area (Å²) >= 11 is 0. The number of esters is 1. The smallest absolute Gasteiger partial charge is 0.338 e. The fraction of sp³-hybridized carbons (Fsp3) is 0.500. The zero-order valence-corrected chi connectivity index (χ0v) is 11.5. The highest BCUT2D eigenvalue weighted by Gasteiger charge is 2.08. The highest BCUT2D eigenvalue weighted by molar-refractivity contribution is 5.90. The molecular formula is C14H21NO4. The molecule has 0 atom stereocenters. The molecule has 0 saturated heterocycles. The molecule has 5 nitrogen and oxygen atoms in total. The Morgan fingerprint density at radius 3 is 2.63 bits per heavy atom. The van der Waals surface area contributed by atoms with E-state index >= 15 is 0 Å². The van der Waals surface area contributed by atoms with Crippen LogP contribution in [0.15, 0.2) is 18.2 Å². The Hall–Kier alpha value is -1.59. The van der Waals surface area contributed by atoms with Gasteiger partial charge in [0, 0.05) is 25.8 Å². The van der Waals surface area contributed by atoms with E-state index in [0.29, 0.717) is 44.1 Å². The number of hydrogen-bond donors (Lipinski definition) is 1.